The van der Waals surface area contributed by atoms with Crippen molar-refractivity contribution in [2.75, 3.05) is 0 Å². The topological polar surface area (TPSA) is 17.8 Å². The molecule has 18 heavy (non-hydrogen) atoms. The fourth-order valence-electron chi connectivity index (χ4n) is 2.36. The molecule has 0 radical (unpaired) electrons. The molecule has 0 aliphatic rings. The van der Waals surface area contributed by atoms with Crippen LogP contribution in [0.25, 0.3) is 22.2 Å². The molecule has 0 spiro atoms. The summed E-state index contributed by atoms with van der Waals surface area (Å²) in [7, 11) is 0. The Morgan fingerprint density at radius 2 is 1.83 bits per heavy atom. The number of fused-ring (bicyclic) bond motifs is 1. The minimum Gasteiger partial charge on any atom is -0.331 e. The van der Waals surface area contributed by atoms with Crippen molar-refractivity contribution >= 4 is 11.0 Å². The maximum absolute atomic E-state index is 4.58. The lowest BCUT2D eigenvalue weighted by Crippen LogP contribution is -1.93. The molecule has 0 amide bonds. The number of nitrogens with zero attached hydrogens (tertiary/aromatic N) is 2. The van der Waals surface area contributed by atoms with E-state index in [1.54, 1.807) is 0 Å². The highest BCUT2D eigenvalue weighted by atomic mass is 15.0. The van der Waals surface area contributed by atoms with E-state index in [0.717, 1.165) is 18.5 Å². The highest BCUT2D eigenvalue weighted by molar-refractivity contribution is 5.92. The molecular formula is C16H16N2. The van der Waals surface area contributed by atoms with Gasteiger partial charge in [-0.3, -0.25) is 0 Å². The van der Waals surface area contributed by atoms with Gasteiger partial charge in [0.1, 0.15) is 0 Å². The predicted molar refractivity (Wildman–Crippen MR) is 75.5 cm³/mol. The summed E-state index contributed by atoms with van der Waals surface area (Å²) in [6, 6.07) is 16.8. The molecule has 3 aromatic rings. The Balaban J connectivity index is 2.19. The van der Waals surface area contributed by atoms with Gasteiger partial charge >= 0.3 is 0 Å². The summed E-state index contributed by atoms with van der Waals surface area (Å²) in [6.07, 6.45) is 3.07. The molecule has 0 atom stereocenters. The Labute approximate surface area is 107 Å². The number of aryl methyl sites for hydroxylation is 1. The molecule has 2 heteroatoms. The van der Waals surface area contributed by atoms with Gasteiger partial charge in [0.2, 0.25) is 0 Å². The molecule has 1 heterocycles. The molecule has 90 valence electrons. The second-order valence-electron chi connectivity index (χ2n) is 4.48. The lowest BCUT2D eigenvalue weighted by Gasteiger charge is -2.04. The van der Waals surface area contributed by atoms with Crippen molar-refractivity contribution in [2.24, 2.45) is 0 Å². The molecular weight excluding hydrogens is 220 g/mol. The Kier molecular flexibility index (Phi) is 2.85. The number of para-hydroxylation sites is 1. The third-order valence-electron chi connectivity index (χ3n) is 3.20. The van der Waals surface area contributed by atoms with Crippen LogP contribution in [-0.2, 0) is 6.54 Å². The van der Waals surface area contributed by atoms with Gasteiger partial charge in [0, 0.05) is 12.1 Å². The molecule has 0 unspecified atom stereocenters. The lowest BCUT2D eigenvalue weighted by atomic mass is 10.0. The molecule has 2 aromatic carbocycles. The Hall–Kier alpha value is -2.09. The van der Waals surface area contributed by atoms with Crippen LogP contribution in [0.4, 0.5) is 0 Å². The Bertz CT molecular complexity index is 653. The largest absolute Gasteiger partial charge is 0.331 e. The van der Waals surface area contributed by atoms with E-state index < -0.39 is 0 Å². The van der Waals surface area contributed by atoms with Crippen LogP contribution in [0, 0.1) is 0 Å². The fraction of sp³-hybridized carbons (Fsp3) is 0.188. The summed E-state index contributed by atoms with van der Waals surface area (Å²) in [5, 5.41) is 0. The number of benzene rings is 2. The van der Waals surface area contributed by atoms with Gasteiger partial charge in [-0.2, -0.15) is 0 Å². The van der Waals surface area contributed by atoms with Crippen molar-refractivity contribution in [3.63, 3.8) is 0 Å². The van der Waals surface area contributed by atoms with Gasteiger partial charge in [0.25, 0.3) is 0 Å². The van der Waals surface area contributed by atoms with E-state index in [1.165, 1.54) is 16.6 Å². The number of hydrogen-bond acceptors (Lipinski definition) is 1. The van der Waals surface area contributed by atoms with Gasteiger partial charge in [-0.25, -0.2) is 4.98 Å². The second-order valence-corrected chi connectivity index (χ2v) is 4.48. The van der Waals surface area contributed by atoms with E-state index >= 15 is 0 Å². The van der Waals surface area contributed by atoms with Crippen molar-refractivity contribution in [1.82, 2.24) is 9.55 Å². The molecule has 0 fully saturated rings. The first-order valence-corrected chi connectivity index (χ1v) is 6.39. The molecule has 0 aliphatic heterocycles. The summed E-state index contributed by atoms with van der Waals surface area (Å²) >= 11 is 0. The van der Waals surface area contributed by atoms with E-state index in [1.807, 2.05) is 12.4 Å². The summed E-state index contributed by atoms with van der Waals surface area (Å²) in [5.41, 5.74) is 4.75. The van der Waals surface area contributed by atoms with E-state index in [-0.39, 0.29) is 0 Å². The second kappa shape index (κ2) is 4.65. The van der Waals surface area contributed by atoms with Gasteiger partial charge in [-0.15, -0.1) is 0 Å². The zero-order valence-electron chi connectivity index (χ0n) is 10.5. The predicted octanol–water partition coefficient (Wildman–Crippen LogP) is 4.11. The van der Waals surface area contributed by atoms with Crippen LogP contribution in [-0.4, -0.2) is 9.55 Å². The Morgan fingerprint density at radius 3 is 2.61 bits per heavy atom. The summed E-state index contributed by atoms with van der Waals surface area (Å²) in [5.74, 6) is 0. The lowest BCUT2D eigenvalue weighted by molar-refractivity contribution is 0.697. The van der Waals surface area contributed by atoms with Crippen LogP contribution in [0.15, 0.2) is 54.9 Å². The van der Waals surface area contributed by atoms with Crippen LogP contribution >= 0.6 is 0 Å². The highest BCUT2D eigenvalue weighted by Gasteiger charge is 2.07. The minimum absolute atomic E-state index is 1.02. The summed E-state index contributed by atoms with van der Waals surface area (Å²) in [6.45, 7) is 3.21. The zero-order chi connectivity index (χ0) is 12.4. The first-order chi connectivity index (χ1) is 8.90. The molecule has 0 N–H and O–H groups in total. The SMILES string of the molecule is CCCn1cnc2c(-c3ccccc3)cccc21. The normalized spacial score (nSPS) is 10.9. The number of rotatable bonds is 3. The van der Waals surface area contributed by atoms with Gasteiger partial charge in [0.15, 0.2) is 0 Å². The number of aromatic nitrogens is 2. The van der Waals surface area contributed by atoms with Crippen LogP contribution < -0.4 is 0 Å². The van der Waals surface area contributed by atoms with Crippen molar-refractivity contribution in [2.45, 2.75) is 19.9 Å². The van der Waals surface area contributed by atoms with Crippen LogP contribution in [0.3, 0.4) is 0 Å². The third-order valence-corrected chi connectivity index (χ3v) is 3.20. The fourth-order valence-corrected chi connectivity index (χ4v) is 2.36. The van der Waals surface area contributed by atoms with E-state index in [2.05, 4.69) is 58.9 Å². The maximum Gasteiger partial charge on any atom is 0.0963 e. The summed E-state index contributed by atoms with van der Waals surface area (Å²) < 4.78 is 2.22. The molecule has 3 rings (SSSR count). The zero-order valence-corrected chi connectivity index (χ0v) is 10.5. The smallest absolute Gasteiger partial charge is 0.0963 e. The van der Waals surface area contributed by atoms with E-state index in [4.69, 9.17) is 0 Å². The molecule has 0 saturated heterocycles. The number of imidazole rings is 1. The first kappa shape index (κ1) is 11.0. The molecule has 0 saturated carbocycles. The molecule has 0 aliphatic carbocycles. The average Bonchev–Trinajstić information content (AvgIpc) is 2.84. The number of hydrogen-bond donors (Lipinski definition) is 0. The summed E-state index contributed by atoms with van der Waals surface area (Å²) in [4.78, 5) is 4.58. The van der Waals surface area contributed by atoms with Crippen molar-refractivity contribution in [3.05, 3.63) is 54.9 Å². The monoisotopic (exact) mass is 236 g/mol. The molecule has 2 nitrogen and oxygen atoms in total. The first-order valence-electron chi connectivity index (χ1n) is 6.39. The van der Waals surface area contributed by atoms with Crippen LogP contribution in [0.2, 0.25) is 0 Å². The van der Waals surface area contributed by atoms with Crippen LogP contribution in [0.5, 0.6) is 0 Å². The standard InChI is InChI=1S/C16H16N2/c1-2-11-18-12-17-16-14(9-6-10-15(16)18)13-7-4-3-5-8-13/h3-10,12H,2,11H2,1H3. The molecule has 1 aromatic heterocycles. The van der Waals surface area contributed by atoms with Gasteiger partial charge < -0.3 is 4.57 Å². The van der Waals surface area contributed by atoms with Crippen molar-refractivity contribution in [1.29, 1.82) is 0 Å². The highest BCUT2D eigenvalue weighted by Crippen LogP contribution is 2.27. The molecule has 0 bridgehead atoms. The quantitative estimate of drug-likeness (QED) is 0.669. The van der Waals surface area contributed by atoms with E-state index in [9.17, 15) is 0 Å². The minimum atomic E-state index is 1.02. The van der Waals surface area contributed by atoms with E-state index in [0.29, 0.717) is 0 Å². The average molecular weight is 236 g/mol. The van der Waals surface area contributed by atoms with Crippen LogP contribution in [0.1, 0.15) is 13.3 Å². The van der Waals surface area contributed by atoms with Gasteiger partial charge in [-0.1, -0.05) is 49.4 Å². The van der Waals surface area contributed by atoms with Gasteiger partial charge in [-0.05, 0) is 18.1 Å². The van der Waals surface area contributed by atoms with Gasteiger partial charge in [0.05, 0.1) is 17.4 Å². The van der Waals surface area contributed by atoms with Crippen molar-refractivity contribution in [3.8, 4) is 11.1 Å². The third kappa shape index (κ3) is 1.80. The maximum atomic E-state index is 4.58. The Morgan fingerprint density at radius 1 is 1.00 bits per heavy atom. The van der Waals surface area contributed by atoms with Crippen molar-refractivity contribution < 1.29 is 0 Å².